The molecule has 0 radical (unpaired) electrons. The van der Waals surface area contributed by atoms with Crippen molar-refractivity contribution in [1.82, 2.24) is 4.90 Å². The molecule has 3 heteroatoms. The third-order valence-corrected chi connectivity index (χ3v) is 3.55. The van der Waals surface area contributed by atoms with Crippen molar-refractivity contribution in [3.8, 4) is 5.75 Å². The lowest BCUT2D eigenvalue weighted by molar-refractivity contribution is 0.235. The lowest BCUT2D eigenvalue weighted by Crippen LogP contribution is -2.34. The predicted molar refractivity (Wildman–Crippen MR) is 75.1 cm³/mol. The zero-order valence-electron chi connectivity index (χ0n) is 11.3. The number of rotatable bonds is 7. The second-order valence-corrected chi connectivity index (χ2v) is 4.99. The second-order valence-electron chi connectivity index (χ2n) is 4.99. The molecule has 0 aliphatic carbocycles. The van der Waals surface area contributed by atoms with E-state index in [1.165, 1.54) is 18.4 Å². The molecule has 1 aliphatic heterocycles. The highest BCUT2D eigenvalue weighted by Crippen LogP contribution is 2.33. The van der Waals surface area contributed by atoms with Crippen LogP contribution in [0, 0.1) is 0 Å². The quantitative estimate of drug-likeness (QED) is 0.804. The molecule has 3 nitrogen and oxygen atoms in total. The smallest absolute Gasteiger partial charge is 0.122 e. The topological polar surface area (TPSA) is 38.5 Å². The summed E-state index contributed by atoms with van der Waals surface area (Å²) in [6.45, 7) is 6.97. The van der Waals surface area contributed by atoms with Crippen molar-refractivity contribution in [2.45, 2.75) is 25.7 Å². The molecule has 0 saturated carbocycles. The lowest BCUT2D eigenvalue weighted by Gasteiger charge is -2.24. The Balaban J connectivity index is 1.95. The van der Waals surface area contributed by atoms with Crippen LogP contribution in [0.5, 0.6) is 5.75 Å². The summed E-state index contributed by atoms with van der Waals surface area (Å²) >= 11 is 0. The SMILES string of the molecule is CCCCN(CCN)CC1COc2ccccc21. The van der Waals surface area contributed by atoms with Gasteiger partial charge < -0.3 is 15.4 Å². The van der Waals surface area contributed by atoms with Crippen molar-refractivity contribution in [3.63, 3.8) is 0 Å². The summed E-state index contributed by atoms with van der Waals surface area (Å²) in [6.07, 6.45) is 2.48. The van der Waals surface area contributed by atoms with Gasteiger partial charge in [-0.15, -0.1) is 0 Å². The first-order chi connectivity index (χ1) is 8.85. The van der Waals surface area contributed by atoms with E-state index in [1.807, 2.05) is 6.07 Å². The van der Waals surface area contributed by atoms with E-state index < -0.39 is 0 Å². The van der Waals surface area contributed by atoms with E-state index in [2.05, 4.69) is 30.0 Å². The van der Waals surface area contributed by atoms with Crippen LogP contribution in [0.3, 0.4) is 0 Å². The van der Waals surface area contributed by atoms with Crippen molar-refractivity contribution in [2.75, 3.05) is 32.8 Å². The number of nitrogens with zero attached hydrogens (tertiary/aromatic N) is 1. The van der Waals surface area contributed by atoms with E-state index in [1.54, 1.807) is 0 Å². The zero-order chi connectivity index (χ0) is 12.8. The Morgan fingerprint density at radius 1 is 1.33 bits per heavy atom. The van der Waals surface area contributed by atoms with Crippen molar-refractivity contribution in [3.05, 3.63) is 29.8 Å². The van der Waals surface area contributed by atoms with E-state index in [0.29, 0.717) is 5.92 Å². The number of fused-ring (bicyclic) bond motifs is 1. The van der Waals surface area contributed by atoms with Crippen molar-refractivity contribution in [1.29, 1.82) is 0 Å². The summed E-state index contributed by atoms with van der Waals surface area (Å²) in [5, 5.41) is 0. The minimum absolute atomic E-state index is 0.504. The molecule has 0 bridgehead atoms. The largest absolute Gasteiger partial charge is 0.493 e. The summed E-state index contributed by atoms with van der Waals surface area (Å²) in [7, 11) is 0. The molecule has 1 unspecified atom stereocenters. The number of ether oxygens (including phenoxy) is 1. The van der Waals surface area contributed by atoms with Crippen LogP contribution in [-0.4, -0.2) is 37.7 Å². The standard InChI is InChI=1S/C15H24N2O/c1-2-3-9-17(10-8-16)11-13-12-18-15-7-5-4-6-14(13)15/h4-7,13H,2-3,8-12,16H2,1H3. The Labute approximate surface area is 110 Å². The average Bonchev–Trinajstić information content (AvgIpc) is 2.80. The Bertz CT molecular complexity index is 367. The van der Waals surface area contributed by atoms with Crippen molar-refractivity contribution in [2.24, 2.45) is 5.73 Å². The van der Waals surface area contributed by atoms with Gasteiger partial charge in [0.1, 0.15) is 5.75 Å². The molecule has 18 heavy (non-hydrogen) atoms. The molecule has 0 spiro atoms. The van der Waals surface area contributed by atoms with Crippen LogP contribution in [0.1, 0.15) is 31.2 Å². The fraction of sp³-hybridized carbons (Fsp3) is 0.600. The van der Waals surface area contributed by atoms with E-state index in [9.17, 15) is 0 Å². The van der Waals surface area contributed by atoms with Crippen LogP contribution in [0.4, 0.5) is 0 Å². The lowest BCUT2D eigenvalue weighted by atomic mass is 10.0. The molecule has 0 aromatic heterocycles. The van der Waals surface area contributed by atoms with Gasteiger partial charge in [-0.25, -0.2) is 0 Å². The fourth-order valence-electron chi connectivity index (χ4n) is 2.55. The van der Waals surface area contributed by atoms with Gasteiger partial charge in [0.05, 0.1) is 6.61 Å². The van der Waals surface area contributed by atoms with Gasteiger partial charge in [-0.05, 0) is 19.0 Å². The number of hydrogen-bond donors (Lipinski definition) is 1. The molecule has 1 aliphatic rings. The van der Waals surface area contributed by atoms with E-state index >= 15 is 0 Å². The van der Waals surface area contributed by atoms with Crippen LogP contribution in [-0.2, 0) is 0 Å². The third kappa shape index (κ3) is 3.24. The number of para-hydroxylation sites is 1. The van der Waals surface area contributed by atoms with Crippen LogP contribution in [0.25, 0.3) is 0 Å². The Kier molecular flexibility index (Phi) is 5.02. The van der Waals surface area contributed by atoms with Gasteiger partial charge in [0.15, 0.2) is 0 Å². The molecular formula is C15H24N2O. The molecule has 0 amide bonds. The number of benzene rings is 1. The van der Waals surface area contributed by atoms with Crippen LogP contribution < -0.4 is 10.5 Å². The molecule has 2 N–H and O–H groups in total. The highest BCUT2D eigenvalue weighted by molar-refractivity contribution is 5.39. The molecular weight excluding hydrogens is 224 g/mol. The van der Waals surface area contributed by atoms with Crippen molar-refractivity contribution < 1.29 is 4.74 Å². The molecule has 2 rings (SSSR count). The van der Waals surface area contributed by atoms with Gasteiger partial charge in [-0.2, -0.15) is 0 Å². The molecule has 0 fully saturated rings. The van der Waals surface area contributed by atoms with Crippen LogP contribution in [0.15, 0.2) is 24.3 Å². The number of unbranched alkanes of at least 4 members (excludes halogenated alkanes) is 1. The summed E-state index contributed by atoms with van der Waals surface area (Å²) in [5.74, 6) is 1.57. The normalized spacial score (nSPS) is 17.8. The molecule has 1 aromatic carbocycles. The van der Waals surface area contributed by atoms with Crippen molar-refractivity contribution >= 4 is 0 Å². The van der Waals surface area contributed by atoms with Gasteiger partial charge in [-0.3, -0.25) is 0 Å². The molecule has 1 aromatic rings. The van der Waals surface area contributed by atoms with Gasteiger partial charge in [0, 0.05) is 31.1 Å². The van der Waals surface area contributed by atoms with E-state index in [4.69, 9.17) is 10.5 Å². The van der Waals surface area contributed by atoms with Gasteiger partial charge in [0.25, 0.3) is 0 Å². The first kappa shape index (κ1) is 13.4. The summed E-state index contributed by atoms with van der Waals surface area (Å²) in [5.41, 5.74) is 7.05. The minimum atomic E-state index is 0.504. The third-order valence-electron chi connectivity index (χ3n) is 3.55. The predicted octanol–water partition coefficient (Wildman–Crippen LogP) is 2.22. The Morgan fingerprint density at radius 3 is 2.94 bits per heavy atom. The molecule has 0 saturated heterocycles. The van der Waals surface area contributed by atoms with Crippen LogP contribution >= 0.6 is 0 Å². The maximum Gasteiger partial charge on any atom is 0.122 e. The number of hydrogen-bond acceptors (Lipinski definition) is 3. The summed E-state index contributed by atoms with van der Waals surface area (Å²) in [6, 6.07) is 8.39. The zero-order valence-corrected chi connectivity index (χ0v) is 11.3. The highest BCUT2D eigenvalue weighted by Gasteiger charge is 2.25. The highest BCUT2D eigenvalue weighted by atomic mass is 16.5. The fourth-order valence-corrected chi connectivity index (χ4v) is 2.55. The average molecular weight is 248 g/mol. The molecule has 100 valence electrons. The van der Waals surface area contributed by atoms with Gasteiger partial charge >= 0.3 is 0 Å². The number of nitrogens with two attached hydrogens (primary N) is 1. The minimum Gasteiger partial charge on any atom is -0.493 e. The second kappa shape index (κ2) is 6.76. The van der Waals surface area contributed by atoms with E-state index in [0.717, 1.165) is 38.5 Å². The monoisotopic (exact) mass is 248 g/mol. The Morgan fingerprint density at radius 2 is 2.17 bits per heavy atom. The summed E-state index contributed by atoms with van der Waals surface area (Å²) in [4.78, 5) is 2.47. The van der Waals surface area contributed by atoms with E-state index in [-0.39, 0.29) is 0 Å². The Hall–Kier alpha value is -1.06. The molecule has 1 atom stereocenters. The first-order valence-corrected chi connectivity index (χ1v) is 6.99. The summed E-state index contributed by atoms with van der Waals surface area (Å²) < 4.78 is 5.74. The maximum absolute atomic E-state index is 5.74. The first-order valence-electron chi connectivity index (χ1n) is 6.99. The van der Waals surface area contributed by atoms with Gasteiger partial charge in [0.2, 0.25) is 0 Å². The maximum atomic E-state index is 5.74. The van der Waals surface area contributed by atoms with Gasteiger partial charge in [-0.1, -0.05) is 31.5 Å². The molecule has 1 heterocycles. The van der Waals surface area contributed by atoms with Crippen LogP contribution in [0.2, 0.25) is 0 Å².